The highest BCUT2D eigenvalue weighted by atomic mass is 127. The second kappa shape index (κ2) is 6.94. The van der Waals surface area contributed by atoms with Crippen molar-refractivity contribution in [1.82, 2.24) is 5.32 Å². The molecule has 2 fully saturated rings. The highest BCUT2D eigenvalue weighted by Gasteiger charge is 2.81. The monoisotopic (exact) mass is 503 g/mol. The molecule has 0 aromatic carbocycles. The van der Waals surface area contributed by atoms with Crippen molar-refractivity contribution in [2.24, 2.45) is 0 Å². The van der Waals surface area contributed by atoms with E-state index in [-0.39, 0.29) is 12.8 Å². The number of hydrogen-bond acceptors (Lipinski definition) is 4. The molecule has 0 radical (unpaired) electrons. The Morgan fingerprint density at radius 1 is 1.12 bits per heavy atom. The van der Waals surface area contributed by atoms with Crippen molar-refractivity contribution in [2.45, 2.75) is 78.5 Å². The Morgan fingerprint density at radius 3 is 1.92 bits per heavy atom. The Kier molecular flexibility index (Phi) is 5.87. The minimum absolute atomic E-state index is 0.0125. The minimum atomic E-state index is -6.04. The van der Waals surface area contributed by atoms with Gasteiger partial charge in [-0.05, 0) is 45.6 Å². The molecule has 0 aromatic heterocycles. The summed E-state index contributed by atoms with van der Waals surface area (Å²) in [5.74, 6) is -1.19. The number of halogens is 7. The number of aliphatic hydroxyl groups is 1. The van der Waals surface area contributed by atoms with Gasteiger partial charge in [-0.2, -0.15) is 26.3 Å². The summed E-state index contributed by atoms with van der Waals surface area (Å²) < 4.78 is 84.2. The zero-order chi connectivity index (χ0) is 20.0. The van der Waals surface area contributed by atoms with Gasteiger partial charge in [0.2, 0.25) is 0 Å². The molecule has 0 bridgehead atoms. The van der Waals surface area contributed by atoms with Crippen LogP contribution in [0.15, 0.2) is 0 Å². The fourth-order valence-electron chi connectivity index (χ4n) is 3.51. The molecule has 2 unspecified atom stereocenters. The average molecular weight is 503 g/mol. The molecule has 1 aliphatic heterocycles. The SMILES string of the molecule is CC(I)(C(=O)OC1(C(O)(C(F)(F)F)C(F)(F)F)CCCCC1)C1CCN1. The van der Waals surface area contributed by atoms with Gasteiger partial charge in [-0.3, -0.25) is 4.79 Å². The Balaban J connectivity index is 2.46. The van der Waals surface area contributed by atoms with E-state index in [2.05, 4.69) is 5.32 Å². The summed E-state index contributed by atoms with van der Waals surface area (Å²) in [7, 11) is 0. The largest absolute Gasteiger partial charge is 0.454 e. The van der Waals surface area contributed by atoms with Gasteiger partial charge in [-0.1, -0.05) is 29.0 Å². The molecule has 0 amide bonds. The van der Waals surface area contributed by atoms with Crippen molar-refractivity contribution in [1.29, 1.82) is 0 Å². The first-order valence-corrected chi connectivity index (χ1v) is 9.28. The van der Waals surface area contributed by atoms with Gasteiger partial charge in [-0.25, -0.2) is 0 Å². The molecule has 2 atom stereocenters. The zero-order valence-electron chi connectivity index (χ0n) is 13.9. The third-order valence-electron chi connectivity index (χ3n) is 5.31. The molecular weight excluding hydrogens is 483 g/mol. The average Bonchev–Trinajstić information content (AvgIpc) is 2.42. The second-order valence-corrected chi connectivity index (χ2v) is 9.26. The van der Waals surface area contributed by atoms with Crippen LogP contribution in [-0.4, -0.2) is 50.6 Å². The van der Waals surface area contributed by atoms with Crippen LogP contribution in [0.4, 0.5) is 26.3 Å². The first-order chi connectivity index (χ1) is 11.7. The molecule has 2 N–H and O–H groups in total. The Labute approximate surface area is 160 Å². The number of nitrogens with one attached hydrogen (secondary N) is 1. The van der Waals surface area contributed by atoms with Gasteiger partial charge < -0.3 is 15.2 Å². The second-order valence-electron chi connectivity index (χ2n) is 7.02. The normalized spacial score (nSPS) is 26.6. The van der Waals surface area contributed by atoms with Gasteiger partial charge >= 0.3 is 18.3 Å². The predicted octanol–water partition coefficient (Wildman–Crippen LogP) is 3.64. The van der Waals surface area contributed by atoms with Crippen molar-refractivity contribution in [3.8, 4) is 0 Å². The van der Waals surface area contributed by atoms with Crippen molar-refractivity contribution < 1.29 is 41.0 Å². The number of hydrogen-bond donors (Lipinski definition) is 2. The molecule has 0 aromatic rings. The predicted molar refractivity (Wildman–Crippen MR) is 87.8 cm³/mol. The van der Waals surface area contributed by atoms with Crippen LogP contribution in [0.3, 0.4) is 0 Å². The first-order valence-electron chi connectivity index (χ1n) is 8.21. The first kappa shape index (κ1) is 22.0. The highest BCUT2D eigenvalue weighted by molar-refractivity contribution is 14.1. The van der Waals surface area contributed by atoms with Crippen molar-refractivity contribution in [2.75, 3.05) is 6.54 Å². The maximum atomic E-state index is 13.4. The summed E-state index contributed by atoms with van der Waals surface area (Å²) in [6, 6.07) is -0.416. The van der Waals surface area contributed by atoms with Gasteiger partial charge in [0.1, 0.15) is 3.42 Å². The molecule has 1 aliphatic carbocycles. The number of ether oxygens (including phenoxy) is 1. The number of carbonyl (C=O) groups is 1. The van der Waals surface area contributed by atoms with Crippen LogP contribution in [0.1, 0.15) is 45.4 Å². The van der Waals surface area contributed by atoms with E-state index in [0.717, 1.165) is 0 Å². The fraction of sp³-hybridized carbons (Fsp3) is 0.933. The molecule has 2 rings (SSSR count). The summed E-state index contributed by atoms with van der Waals surface area (Å²) in [6.45, 7) is 1.99. The molecule has 2 aliphatic rings. The van der Waals surface area contributed by atoms with E-state index in [4.69, 9.17) is 4.74 Å². The van der Waals surface area contributed by atoms with E-state index in [1.54, 1.807) is 22.6 Å². The molecule has 0 spiro atoms. The standard InChI is InChI=1S/C15H20F6INO3/c1-11(22,9-5-8-23-9)10(24)26-12(6-3-2-4-7-12)13(25,14(16,17)18)15(19,20)21/h9,23,25H,2-8H2,1H3. The van der Waals surface area contributed by atoms with Gasteiger partial charge in [-0.15, -0.1) is 0 Å². The Morgan fingerprint density at radius 2 is 1.58 bits per heavy atom. The number of alkyl halides is 7. The van der Waals surface area contributed by atoms with E-state index >= 15 is 0 Å². The smallest absolute Gasteiger partial charge is 0.430 e. The molecule has 4 nitrogen and oxygen atoms in total. The molecule has 11 heteroatoms. The maximum Gasteiger partial charge on any atom is 0.430 e. The molecule has 26 heavy (non-hydrogen) atoms. The Hall–Kier alpha value is -0.300. The molecular formula is C15H20F6INO3. The molecule has 1 saturated carbocycles. The summed E-state index contributed by atoms with van der Waals surface area (Å²) in [4.78, 5) is 12.6. The molecule has 1 heterocycles. The van der Waals surface area contributed by atoms with Crippen LogP contribution >= 0.6 is 22.6 Å². The van der Waals surface area contributed by atoms with Crippen LogP contribution in [-0.2, 0) is 9.53 Å². The van der Waals surface area contributed by atoms with E-state index in [9.17, 15) is 36.2 Å². The van der Waals surface area contributed by atoms with Crippen LogP contribution in [0, 0.1) is 0 Å². The van der Waals surface area contributed by atoms with Crippen LogP contribution < -0.4 is 5.32 Å². The zero-order valence-corrected chi connectivity index (χ0v) is 16.1. The lowest BCUT2D eigenvalue weighted by Gasteiger charge is -2.50. The number of esters is 1. The number of rotatable bonds is 4. The van der Waals surface area contributed by atoms with Crippen LogP contribution in [0.5, 0.6) is 0 Å². The summed E-state index contributed by atoms with van der Waals surface area (Å²) >= 11 is 1.67. The maximum absolute atomic E-state index is 13.4. The van der Waals surface area contributed by atoms with Gasteiger partial charge in [0.15, 0.2) is 5.60 Å². The summed E-state index contributed by atoms with van der Waals surface area (Å²) in [6.07, 6.45) is -12.6. The summed E-state index contributed by atoms with van der Waals surface area (Å²) in [5, 5.41) is 12.8. The Bertz CT molecular complexity index is 524. The van der Waals surface area contributed by atoms with Gasteiger partial charge in [0, 0.05) is 6.04 Å². The van der Waals surface area contributed by atoms with Crippen LogP contribution in [0.25, 0.3) is 0 Å². The third-order valence-corrected chi connectivity index (χ3v) is 6.50. The lowest BCUT2D eigenvalue weighted by atomic mass is 9.71. The fourth-order valence-corrected chi connectivity index (χ4v) is 4.15. The van der Waals surface area contributed by atoms with E-state index in [1.165, 1.54) is 6.92 Å². The lowest BCUT2D eigenvalue weighted by molar-refractivity contribution is -0.416. The topological polar surface area (TPSA) is 58.6 Å². The van der Waals surface area contributed by atoms with Gasteiger partial charge in [0.05, 0.1) is 0 Å². The van der Waals surface area contributed by atoms with E-state index in [1.807, 2.05) is 0 Å². The van der Waals surface area contributed by atoms with Crippen molar-refractivity contribution >= 4 is 28.6 Å². The molecule has 1 saturated heterocycles. The number of carbonyl (C=O) groups excluding carboxylic acids is 1. The van der Waals surface area contributed by atoms with E-state index < -0.39 is 51.8 Å². The summed E-state index contributed by atoms with van der Waals surface area (Å²) in [5.41, 5.74) is -8.21. The lowest BCUT2D eigenvalue weighted by Crippen LogP contribution is -2.73. The van der Waals surface area contributed by atoms with E-state index in [0.29, 0.717) is 19.4 Å². The van der Waals surface area contributed by atoms with Crippen LogP contribution in [0.2, 0.25) is 0 Å². The highest BCUT2D eigenvalue weighted by Crippen LogP contribution is 2.56. The van der Waals surface area contributed by atoms with Gasteiger partial charge in [0.25, 0.3) is 5.60 Å². The minimum Gasteiger partial charge on any atom is -0.454 e. The quantitative estimate of drug-likeness (QED) is 0.266. The van der Waals surface area contributed by atoms with Crippen molar-refractivity contribution in [3.63, 3.8) is 0 Å². The van der Waals surface area contributed by atoms with Crippen molar-refractivity contribution in [3.05, 3.63) is 0 Å². The molecule has 152 valence electrons. The third kappa shape index (κ3) is 3.43.